The molecule has 116 valence electrons. The first kappa shape index (κ1) is 14.4. The molecule has 22 heavy (non-hydrogen) atoms. The highest BCUT2D eigenvalue weighted by atomic mass is 32.1. The predicted molar refractivity (Wildman–Crippen MR) is 89.0 cm³/mol. The zero-order chi connectivity index (χ0) is 15.0. The van der Waals surface area contributed by atoms with Crippen molar-refractivity contribution in [1.82, 2.24) is 9.88 Å². The molecule has 4 rings (SSSR count). The molecule has 4 heteroatoms. The molecule has 1 aromatic carbocycles. The fraction of sp³-hybridized carbons (Fsp3) is 0.500. The maximum Gasteiger partial charge on any atom is 0.107 e. The molecule has 2 aromatic rings. The van der Waals surface area contributed by atoms with Crippen LogP contribution in [0.15, 0.2) is 30.5 Å². The molecule has 0 amide bonds. The number of aryl methyl sites for hydroxylation is 1. The van der Waals surface area contributed by atoms with Gasteiger partial charge in [0.1, 0.15) is 5.01 Å². The summed E-state index contributed by atoms with van der Waals surface area (Å²) in [4.78, 5) is 7.91. The maximum absolute atomic E-state index is 9.15. The summed E-state index contributed by atoms with van der Waals surface area (Å²) in [7, 11) is 0. The highest BCUT2D eigenvalue weighted by molar-refractivity contribution is 7.11. The van der Waals surface area contributed by atoms with E-state index in [1.165, 1.54) is 25.7 Å². The molecule has 0 radical (unpaired) electrons. The number of thiazole rings is 1. The first-order valence-electron chi connectivity index (χ1n) is 8.14. The van der Waals surface area contributed by atoms with Gasteiger partial charge in [0.15, 0.2) is 0 Å². The van der Waals surface area contributed by atoms with E-state index in [0.29, 0.717) is 5.41 Å². The number of aliphatic hydroxyl groups is 1. The minimum atomic E-state index is 0.109. The number of benzene rings is 1. The van der Waals surface area contributed by atoms with Gasteiger partial charge in [-0.25, -0.2) is 4.98 Å². The summed E-state index contributed by atoms with van der Waals surface area (Å²) in [5.74, 6) is 0. The molecule has 1 spiro atoms. The number of piperidine rings is 1. The largest absolute Gasteiger partial charge is 0.391 e. The molecule has 1 aromatic heterocycles. The van der Waals surface area contributed by atoms with Gasteiger partial charge in [-0.3, -0.25) is 4.90 Å². The van der Waals surface area contributed by atoms with Crippen LogP contribution < -0.4 is 0 Å². The van der Waals surface area contributed by atoms with Gasteiger partial charge in [-0.15, -0.1) is 11.3 Å². The van der Waals surface area contributed by atoms with E-state index < -0.39 is 0 Å². The lowest BCUT2D eigenvalue weighted by Crippen LogP contribution is -2.41. The highest BCUT2D eigenvalue weighted by Gasteiger charge is 2.40. The molecular weight excluding hydrogens is 292 g/mol. The van der Waals surface area contributed by atoms with Gasteiger partial charge in [0, 0.05) is 6.20 Å². The Morgan fingerprint density at radius 1 is 1.18 bits per heavy atom. The second kappa shape index (κ2) is 5.76. The van der Waals surface area contributed by atoms with Crippen molar-refractivity contribution >= 4 is 11.3 Å². The molecule has 0 saturated carbocycles. The smallest absolute Gasteiger partial charge is 0.107 e. The minimum absolute atomic E-state index is 0.109. The third-order valence-electron chi connectivity index (χ3n) is 5.39. The van der Waals surface area contributed by atoms with Gasteiger partial charge in [0.25, 0.3) is 0 Å². The number of nitrogens with zero attached hydrogens (tertiary/aromatic N) is 2. The summed E-state index contributed by atoms with van der Waals surface area (Å²) in [5, 5.41) is 10.3. The molecule has 0 unspecified atom stereocenters. The molecule has 1 saturated heterocycles. The zero-order valence-corrected chi connectivity index (χ0v) is 13.6. The van der Waals surface area contributed by atoms with Crippen LogP contribution in [-0.4, -0.2) is 28.1 Å². The van der Waals surface area contributed by atoms with Crippen LogP contribution in [0.3, 0.4) is 0 Å². The van der Waals surface area contributed by atoms with E-state index in [0.717, 1.165) is 29.5 Å². The van der Waals surface area contributed by atoms with E-state index in [4.69, 9.17) is 5.11 Å². The Bertz CT molecular complexity index is 659. The monoisotopic (exact) mass is 314 g/mol. The predicted octanol–water partition coefficient (Wildman–Crippen LogP) is 3.12. The molecule has 3 nitrogen and oxygen atoms in total. The van der Waals surface area contributed by atoms with E-state index in [1.54, 1.807) is 28.7 Å². The quantitative estimate of drug-likeness (QED) is 0.945. The Kier molecular flexibility index (Phi) is 3.76. The summed E-state index contributed by atoms with van der Waals surface area (Å²) in [6, 6.07) is 9.03. The second-order valence-electron chi connectivity index (χ2n) is 6.59. The zero-order valence-electron chi connectivity index (χ0n) is 12.8. The van der Waals surface area contributed by atoms with Crippen LogP contribution in [0.2, 0.25) is 0 Å². The molecular formula is C18H22N2OS. The Balaban J connectivity index is 1.43. The fourth-order valence-electron chi connectivity index (χ4n) is 4.11. The summed E-state index contributed by atoms with van der Waals surface area (Å²) < 4.78 is 0. The van der Waals surface area contributed by atoms with Gasteiger partial charge < -0.3 is 5.11 Å². The van der Waals surface area contributed by atoms with Crippen LogP contribution >= 0.6 is 11.3 Å². The Hall–Kier alpha value is -1.23. The lowest BCUT2D eigenvalue weighted by Gasteiger charge is -2.40. The minimum Gasteiger partial charge on any atom is -0.391 e. The number of likely N-dealkylation sites (tertiary alicyclic amines) is 1. The lowest BCUT2D eigenvalue weighted by atomic mass is 9.74. The van der Waals surface area contributed by atoms with Gasteiger partial charge >= 0.3 is 0 Å². The lowest BCUT2D eigenvalue weighted by molar-refractivity contribution is 0.152. The molecule has 1 N–H and O–H groups in total. The van der Waals surface area contributed by atoms with Crippen molar-refractivity contribution in [1.29, 1.82) is 0 Å². The number of rotatable bonds is 3. The summed E-state index contributed by atoms with van der Waals surface area (Å²) in [5.41, 5.74) is 3.63. The van der Waals surface area contributed by atoms with Gasteiger partial charge in [0.05, 0.1) is 18.0 Å². The van der Waals surface area contributed by atoms with Crippen molar-refractivity contribution in [2.75, 3.05) is 13.1 Å². The topological polar surface area (TPSA) is 36.4 Å². The van der Waals surface area contributed by atoms with Crippen molar-refractivity contribution in [3.05, 3.63) is 51.5 Å². The van der Waals surface area contributed by atoms with Crippen molar-refractivity contribution in [3.63, 3.8) is 0 Å². The molecule has 1 aliphatic heterocycles. The Morgan fingerprint density at radius 2 is 2.00 bits per heavy atom. The maximum atomic E-state index is 9.15. The number of aliphatic hydroxyl groups excluding tert-OH is 1. The van der Waals surface area contributed by atoms with Crippen molar-refractivity contribution in [2.45, 2.75) is 44.2 Å². The van der Waals surface area contributed by atoms with Crippen LogP contribution in [0, 0.1) is 0 Å². The number of hydrogen-bond acceptors (Lipinski definition) is 4. The van der Waals surface area contributed by atoms with E-state index >= 15 is 0 Å². The van der Waals surface area contributed by atoms with Crippen molar-refractivity contribution in [2.24, 2.45) is 0 Å². The second-order valence-corrected chi connectivity index (χ2v) is 7.79. The Labute approximate surface area is 135 Å². The molecule has 1 fully saturated rings. The summed E-state index contributed by atoms with van der Waals surface area (Å²) >= 11 is 1.64. The van der Waals surface area contributed by atoms with Gasteiger partial charge in [-0.1, -0.05) is 24.3 Å². The van der Waals surface area contributed by atoms with E-state index in [-0.39, 0.29) is 6.61 Å². The third kappa shape index (κ3) is 2.49. The average molecular weight is 314 g/mol. The number of aromatic nitrogens is 1. The highest BCUT2D eigenvalue weighted by Crippen LogP contribution is 2.46. The summed E-state index contributed by atoms with van der Waals surface area (Å²) in [6.07, 6.45) is 6.91. The van der Waals surface area contributed by atoms with Crippen molar-refractivity contribution < 1.29 is 5.11 Å². The SMILES string of the molecule is OCc1cnc(CN2CCC3(CCc4ccccc43)CC2)s1. The van der Waals surface area contributed by atoms with Gasteiger partial charge in [-0.2, -0.15) is 0 Å². The van der Waals surface area contributed by atoms with Crippen LogP contribution in [0.5, 0.6) is 0 Å². The van der Waals surface area contributed by atoms with Crippen LogP contribution in [0.1, 0.15) is 40.3 Å². The molecule has 2 aliphatic rings. The number of hydrogen-bond donors (Lipinski definition) is 1. The molecule has 0 bridgehead atoms. The van der Waals surface area contributed by atoms with E-state index in [1.807, 2.05) is 0 Å². The summed E-state index contributed by atoms with van der Waals surface area (Å²) in [6.45, 7) is 3.35. The normalized spacial score (nSPS) is 20.4. The molecule has 1 aliphatic carbocycles. The molecule has 2 heterocycles. The molecule has 0 atom stereocenters. The van der Waals surface area contributed by atoms with Crippen LogP contribution in [0.4, 0.5) is 0 Å². The first-order valence-corrected chi connectivity index (χ1v) is 8.96. The number of fused-ring (bicyclic) bond motifs is 2. The standard InChI is InChI=1S/C18H22N2OS/c21-13-15-11-19-17(22-15)12-20-9-7-18(8-10-20)6-5-14-3-1-2-4-16(14)18/h1-4,11,21H,5-10,12-13H2. The fourth-order valence-corrected chi connectivity index (χ4v) is 4.93. The Morgan fingerprint density at radius 3 is 2.77 bits per heavy atom. The van der Waals surface area contributed by atoms with Gasteiger partial charge in [0.2, 0.25) is 0 Å². The van der Waals surface area contributed by atoms with Gasteiger partial charge in [-0.05, 0) is 55.3 Å². The van der Waals surface area contributed by atoms with Crippen LogP contribution in [-0.2, 0) is 25.0 Å². The van der Waals surface area contributed by atoms with Crippen molar-refractivity contribution in [3.8, 4) is 0 Å². The van der Waals surface area contributed by atoms with E-state index in [2.05, 4.69) is 34.1 Å². The van der Waals surface area contributed by atoms with Crippen LogP contribution in [0.25, 0.3) is 0 Å². The third-order valence-corrected chi connectivity index (χ3v) is 6.36. The van der Waals surface area contributed by atoms with E-state index in [9.17, 15) is 0 Å². The first-order chi connectivity index (χ1) is 10.8. The average Bonchev–Trinajstić information content (AvgIpc) is 3.16.